The lowest BCUT2D eigenvalue weighted by atomic mass is 10.1. The molecule has 33 heavy (non-hydrogen) atoms. The number of ether oxygens (including phenoxy) is 3. The molecule has 0 amide bonds. The van der Waals surface area contributed by atoms with Crippen molar-refractivity contribution in [2.24, 2.45) is 0 Å². The Bertz CT molecular complexity index is 1450. The molecule has 9 nitrogen and oxygen atoms in total. The Balaban J connectivity index is 1.83. The van der Waals surface area contributed by atoms with Gasteiger partial charge in [-0.05, 0) is 43.7 Å². The normalized spacial score (nSPS) is 11.4. The third kappa shape index (κ3) is 4.17. The highest BCUT2D eigenvalue weighted by Crippen LogP contribution is 2.32. The van der Waals surface area contributed by atoms with Crippen molar-refractivity contribution in [3.63, 3.8) is 0 Å². The maximum absolute atomic E-state index is 13.3. The van der Waals surface area contributed by atoms with Gasteiger partial charge in [-0.3, -0.25) is 4.72 Å². The third-order valence-electron chi connectivity index (χ3n) is 5.16. The maximum Gasteiger partial charge on any atom is 0.266 e. The first kappa shape index (κ1) is 22.4. The molecule has 1 N–H and O–H groups in total. The van der Waals surface area contributed by atoms with Crippen molar-refractivity contribution < 1.29 is 22.6 Å². The number of anilines is 1. The van der Waals surface area contributed by atoms with Crippen LogP contribution in [0.25, 0.3) is 16.7 Å². The van der Waals surface area contributed by atoms with Crippen LogP contribution in [0.5, 0.6) is 17.2 Å². The van der Waals surface area contributed by atoms with Gasteiger partial charge in [0.05, 0.1) is 27.0 Å². The summed E-state index contributed by atoms with van der Waals surface area (Å²) in [5, 5.41) is 5.40. The molecule has 0 aliphatic carbocycles. The molecule has 0 unspecified atom stereocenters. The third-order valence-corrected chi connectivity index (χ3v) is 6.54. The maximum atomic E-state index is 13.3. The number of rotatable bonds is 7. The second-order valence-electron chi connectivity index (χ2n) is 7.36. The topological polar surface area (TPSA) is 105 Å². The number of aryl methyl sites for hydroxylation is 2. The molecule has 0 saturated carbocycles. The Morgan fingerprint density at radius 2 is 1.67 bits per heavy atom. The average Bonchev–Trinajstić information content (AvgIpc) is 3.17. The van der Waals surface area contributed by atoms with Gasteiger partial charge in [0.2, 0.25) is 0 Å². The molecular weight excluding hydrogens is 444 g/mol. The highest BCUT2D eigenvalue weighted by atomic mass is 32.2. The molecule has 0 spiro atoms. The SMILES string of the molecule is COc1ccc(OC)c(S(=O)(=O)Nc2cc(C)nn2-c2cc(C)c3cccc(OC)c3n2)c1. The number of hydrogen-bond acceptors (Lipinski definition) is 7. The summed E-state index contributed by atoms with van der Waals surface area (Å²) in [4.78, 5) is 4.65. The quantitative estimate of drug-likeness (QED) is 0.439. The van der Waals surface area contributed by atoms with E-state index in [9.17, 15) is 8.42 Å². The van der Waals surface area contributed by atoms with Gasteiger partial charge in [-0.1, -0.05) is 12.1 Å². The van der Waals surface area contributed by atoms with E-state index in [4.69, 9.17) is 19.2 Å². The first-order valence-corrected chi connectivity index (χ1v) is 11.5. The number of nitrogens with zero attached hydrogens (tertiary/aromatic N) is 3. The smallest absolute Gasteiger partial charge is 0.266 e. The molecule has 0 radical (unpaired) electrons. The standard InChI is InChI=1S/C23H24N4O5S/c1-14-11-21(24-23-17(14)7-6-8-19(23)32-5)27-22(12-15(2)25-27)26-33(28,29)20-13-16(30-3)9-10-18(20)31-4/h6-13,26H,1-5H3. The summed E-state index contributed by atoms with van der Waals surface area (Å²) in [5.74, 6) is 1.88. The Kier molecular flexibility index (Phi) is 5.86. The monoisotopic (exact) mass is 468 g/mol. The highest BCUT2D eigenvalue weighted by Gasteiger charge is 2.24. The molecule has 172 valence electrons. The van der Waals surface area contributed by atoms with Crippen molar-refractivity contribution >= 4 is 26.7 Å². The van der Waals surface area contributed by atoms with Gasteiger partial charge >= 0.3 is 0 Å². The molecule has 0 saturated heterocycles. The van der Waals surface area contributed by atoms with Crippen molar-refractivity contribution in [2.45, 2.75) is 18.7 Å². The van der Waals surface area contributed by atoms with Crippen LogP contribution in [0.1, 0.15) is 11.3 Å². The molecule has 0 bridgehead atoms. The molecule has 2 heterocycles. The molecular formula is C23H24N4O5S. The summed E-state index contributed by atoms with van der Waals surface area (Å²) in [6.45, 7) is 3.73. The van der Waals surface area contributed by atoms with Crippen LogP contribution in [0, 0.1) is 13.8 Å². The molecule has 0 atom stereocenters. The predicted octanol–water partition coefficient (Wildman–Crippen LogP) is 3.86. The zero-order valence-corrected chi connectivity index (χ0v) is 19.7. The van der Waals surface area contributed by atoms with Crippen LogP contribution in [0.2, 0.25) is 0 Å². The lowest BCUT2D eigenvalue weighted by Crippen LogP contribution is -2.17. The first-order chi connectivity index (χ1) is 15.8. The summed E-state index contributed by atoms with van der Waals surface area (Å²) >= 11 is 0. The molecule has 0 aliphatic rings. The van der Waals surface area contributed by atoms with Crippen LogP contribution >= 0.6 is 0 Å². The van der Waals surface area contributed by atoms with Crippen molar-refractivity contribution in [2.75, 3.05) is 26.1 Å². The fourth-order valence-electron chi connectivity index (χ4n) is 3.58. The number of pyridine rings is 1. The van der Waals surface area contributed by atoms with E-state index in [1.165, 1.54) is 31.0 Å². The first-order valence-electron chi connectivity index (χ1n) is 10.0. The number of hydrogen-bond donors (Lipinski definition) is 1. The van der Waals surface area contributed by atoms with E-state index < -0.39 is 10.0 Å². The molecule has 2 aromatic heterocycles. The van der Waals surface area contributed by atoms with Crippen LogP contribution in [0.3, 0.4) is 0 Å². The van der Waals surface area contributed by atoms with E-state index in [0.29, 0.717) is 28.5 Å². The zero-order valence-electron chi connectivity index (χ0n) is 18.9. The average molecular weight is 469 g/mol. The van der Waals surface area contributed by atoms with E-state index in [2.05, 4.69) is 9.82 Å². The van der Waals surface area contributed by atoms with E-state index >= 15 is 0 Å². The van der Waals surface area contributed by atoms with Crippen LogP contribution in [-0.2, 0) is 10.0 Å². The molecule has 2 aromatic carbocycles. The lowest BCUT2D eigenvalue weighted by molar-refractivity contribution is 0.392. The molecule has 0 aliphatic heterocycles. The van der Waals surface area contributed by atoms with Crippen LogP contribution in [0.15, 0.2) is 53.4 Å². The molecule has 4 rings (SSSR count). The Hall–Kier alpha value is -3.79. The van der Waals surface area contributed by atoms with Gasteiger partial charge in [-0.15, -0.1) is 0 Å². The molecule has 4 aromatic rings. The largest absolute Gasteiger partial charge is 0.497 e. The van der Waals surface area contributed by atoms with Crippen LogP contribution in [-0.4, -0.2) is 44.5 Å². The predicted molar refractivity (Wildman–Crippen MR) is 125 cm³/mol. The fraction of sp³-hybridized carbons (Fsp3) is 0.217. The van der Waals surface area contributed by atoms with E-state index in [0.717, 1.165) is 10.9 Å². The Morgan fingerprint density at radius 3 is 2.36 bits per heavy atom. The van der Waals surface area contributed by atoms with Crippen LogP contribution in [0.4, 0.5) is 5.82 Å². The summed E-state index contributed by atoms with van der Waals surface area (Å²) in [6, 6.07) is 13.7. The van der Waals surface area contributed by atoms with Gasteiger partial charge in [-0.25, -0.2) is 13.4 Å². The number of fused-ring (bicyclic) bond motifs is 1. The van der Waals surface area contributed by atoms with Gasteiger partial charge in [-0.2, -0.15) is 9.78 Å². The van der Waals surface area contributed by atoms with Crippen LogP contribution < -0.4 is 18.9 Å². The Morgan fingerprint density at radius 1 is 0.909 bits per heavy atom. The van der Waals surface area contributed by atoms with Gasteiger partial charge in [0.15, 0.2) is 5.82 Å². The van der Waals surface area contributed by atoms with E-state index in [1.807, 2.05) is 31.2 Å². The lowest BCUT2D eigenvalue weighted by Gasteiger charge is -2.14. The van der Waals surface area contributed by atoms with Crippen molar-refractivity contribution in [3.05, 3.63) is 59.8 Å². The second-order valence-corrected chi connectivity index (χ2v) is 9.01. The van der Waals surface area contributed by atoms with Crippen molar-refractivity contribution in [1.29, 1.82) is 0 Å². The van der Waals surface area contributed by atoms with Crippen molar-refractivity contribution in [1.82, 2.24) is 14.8 Å². The summed E-state index contributed by atoms with van der Waals surface area (Å²) in [5.41, 5.74) is 2.22. The number of nitrogens with one attached hydrogen (secondary N) is 1. The zero-order chi connectivity index (χ0) is 23.8. The van der Waals surface area contributed by atoms with Crippen molar-refractivity contribution in [3.8, 4) is 23.1 Å². The molecule has 10 heteroatoms. The van der Waals surface area contributed by atoms with Gasteiger partial charge in [0, 0.05) is 17.5 Å². The number of methoxy groups -OCH3 is 3. The summed E-state index contributed by atoms with van der Waals surface area (Å²) < 4.78 is 46.6. The number of benzene rings is 2. The van der Waals surface area contributed by atoms with Gasteiger partial charge in [0.1, 0.15) is 33.5 Å². The van der Waals surface area contributed by atoms with E-state index in [-0.39, 0.29) is 16.5 Å². The minimum atomic E-state index is -4.04. The summed E-state index contributed by atoms with van der Waals surface area (Å²) in [7, 11) is 0.413. The minimum Gasteiger partial charge on any atom is -0.497 e. The number of sulfonamides is 1. The Labute approximate surface area is 192 Å². The highest BCUT2D eigenvalue weighted by molar-refractivity contribution is 7.92. The molecule has 0 fully saturated rings. The number of aromatic nitrogens is 3. The second kappa shape index (κ2) is 8.62. The van der Waals surface area contributed by atoms with Gasteiger partial charge < -0.3 is 14.2 Å². The number of para-hydroxylation sites is 1. The fourth-order valence-corrected chi connectivity index (χ4v) is 4.80. The summed E-state index contributed by atoms with van der Waals surface area (Å²) in [6.07, 6.45) is 0. The minimum absolute atomic E-state index is 0.0564. The van der Waals surface area contributed by atoms with Gasteiger partial charge in [0.25, 0.3) is 10.0 Å². The van der Waals surface area contributed by atoms with E-state index in [1.54, 1.807) is 26.2 Å².